The fourth-order valence-electron chi connectivity index (χ4n) is 5.11. The number of carbonyl (C=O) groups is 2. The third kappa shape index (κ3) is 4.97. The van der Waals surface area contributed by atoms with Crippen LogP contribution in [0.2, 0.25) is 0 Å². The number of ether oxygens (including phenoxy) is 2. The van der Waals surface area contributed by atoms with E-state index >= 15 is 0 Å². The van der Waals surface area contributed by atoms with Crippen molar-refractivity contribution < 1.29 is 19.1 Å². The van der Waals surface area contributed by atoms with E-state index in [0.717, 1.165) is 41.7 Å². The van der Waals surface area contributed by atoms with Crippen molar-refractivity contribution >= 4 is 28.7 Å². The SMILES string of the molecule is COc1cc(Cc2c3c(nc4ccccc24)C=CC(NC(=O)CCN2CCCC2)C3=O)cc(OC)c1. The Kier molecular flexibility index (Phi) is 7.00. The number of nitrogens with zero attached hydrogens (tertiary/aromatic N) is 2. The molecule has 1 aliphatic heterocycles. The Hall–Kier alpha value is -3.71. The van der Waals surface area contributed by atoms with E-state index in [4.69, 9.17) is 14.5 Å². The first-order chi connectivity index (χ1) is 17.6. The molecule has 186 valence electrons. The van der Waals surface area contributed by atoms with E-state index in [9.17, 15) is 9.59 Å². The first-order valence-electron chi connectivity index (χ1n) is 12.4. The van der Waals surface area contributed by atoms with E-state index in [0.29, 0.717) is 35.6 Å². The van der Waals surface area contributed by atoms with Crippen molar-refractivity contribution in [1.82, 2.24) is 15.2 Å². The highest BCUT2D eigenvalue weighted by Gasteiger charge is 2.30. The zero-order valence-electron chi connectivity index (χ0n) is 20.8. The van der Waals surface area contributed by atoms with E-state index in [1.807, 2.05) is 48.5 Å². The number of amides is 1. The molecule has 1 atom stereocenters. The highest BCUT2D eigenvalue weighted by molar-refractivity contribution is 6.11. The zero-order valence-corrected chi connectivity index (χ0v) is 20.8. The summed E-state index contributed by atoms with van der Waals surface area (Å²) < 4.78 is 10.9. The number of nitrogens with one attached hydrogen (secondary N) is 1. The van der Waals surface area contributed by atoms with Crippen LogP contribution in [-0.4, -0.2) is 61.5 Å². The molecule has 0 radical (unpaired) electrons. The standard InChI is InChI=1S/C29H31N3O4/c1-35-20-15-19(16-21(18-20)36-2)17-23-22-7-3-4-8-24(22)30-25-9-10-26(29(34)28(23)25)31-27(33)11-14-32-12-5-6-13-32/h3-4,7-10,15-16,18,26H,5-6,11-14,17H2,1-2H3,(H,31,33). The van der Waals surface area contributed by atoms with Gasteiger partial charge in [0.15, 0.2) is 5.78 Å². The number of carbonyl (C=O) groups excluding carboxylic acids is 2. The van der Waals surface area contributed by atoms with Crippen molar-refractivity contribution in [3.05, 3.63) is 70.9 Å². The predicted molar refractivity (Wildman–Crippen MR) is 140 cm³/mol. The van der Waals surface area contributed by atoms with Gasteiger partial charge in [-0.1, -0.05) is 24.3 Å². The average molecular weight is 486 g/mol. The molecule has 0 saturated carbocycles. The van der Waals surface area contributed by atoms with Gasteiger partial charge in [-0.3, -0.25) is 9.59 Å². The van der Waals surface area contributed by atoms with Crippen LogP contribution in [0.25, 0.3) is 17.0 Å². The van der Waals surface area contributed by atoms with Crippen LogP contribution in [0.4, 0.5) is 0 Å². The minimum atomic E-state index is -0.704. The number of pyridine rings is 1. The van der Waals surface area contributed by atoms with Crippen molar-refractivity contribution in [2.75, 3.05) is 33.9 Å². The normalized spacial score (nSPS) is 17.3. The fraction of sp³-hybridized carbons (Fsp3) is 0.345. The summed E-state index contributed by atoms with van der Waals surface area (Å²) >= 11 is 0. The Morgan fingerprint density at radius 3 is 2.53 bits per heavy atom. The summed E-state index contributed by atoms with van der Waals surface area (Å²) in [4.78, 5) is 33.5. The van der Waals surface area contributed by atoms with E-state index in [2.05, 4.69) is 10.2 Å². The van der Waals surface area contributed by atoms with Gasteiger partial charge in [0.1, 0.15) is 17.5 Å². The van der Waals surface area contributed by atoms with Gasteiger partial charge in [0, 0.05) is 30.0 Å². The Labute approximate surface area is 211 Å². The summed E-state index contributed by atoms with van der Waals surface area (Å²) in [5.74, 6) is 1.13. The molecule has 1 N–H and O–H groups in total. The fourth-order valence-corrected chi connectivity index (χ4v) is 5.11. The second-order valence-electron chi connectivity index (χ2n) is 9.33. The largest absolute Gasteiger partial charge is 0.497 e. The van der Waals surface area contributed by atoms with Crippen LogP contribution < -0.4 is 14.8 Å². The molecule has 1 saturated heterocycles. The lowest BCUT2D eigenvalue weighted by atomic mass is 9.87. The van der Waals surface area contributed by atoms with Crippen LogP contribution in [0, 0.1) is 0 Å². The maximum atomic E-state index is 13.7. The molecule has 3 aromatic rings. The Morgan fingerprint density at radius 1 is 1.08 bits per heavy atom. The van der Waals surface area contributed by atoms with Crippen molar-refractivity contribution in [2.24, 2.45) is 0 Å². The zero-order chi connectivity index (χ0) is 25.1. The van der Waals surface area contributed by atoms with Gasteiger partial charge >= 0.3 is 0 Å². The van der Waals surface area contributed by atoms with E-state index < -0.39 is 6.04 Å². The molecule has 5 rings (SSSR count). The van der Waals surface area contributed by atoms with Gasteiger partial charge in [0.2, 0.25) is 5.91 Å². The molecule has 0 spiro atoms. The molecule has 1 fully saturated rings. The number of aromatic nitrogens is 1. The third-order valence-corrected chi connectivity index (χ3v) is 6.97. The van der Waals surface area contributed by atoms with Crippen LogP contribution in [0.15, 0.2) is 48.5 Å². The summed E-state index contributed by atoms with van der Waals surface area (Å²) in [6.45, 7) is 2.81. The second kappa shape index (κ2) is 10.5. The minimum Gasteiger partial charge on any atom is -0.497 e. The second-order valence-corrected chi connectivity index (χ2v) is 9.33. The molecule has 2 aromatic carbocycles. The Balaban J connectivity index is 1.46. The third-order valence-electron chi connectivity index (χ3n) is 6.97. The smallest absolute Gasteiger partial charge is 0.222 e. The monoisotopic (exact) mass is 485 g/mol. The molecule has 7 heteroatoms. The number of methoxy groups -OCH3 is 2. The Bertz CT molecular complexity index is 1310. The maximum Gasteiger partial charge on any atom is 0.222 e. The van der Waals surface area contributed by atoms with Crippen molar-refractivity contribution in [2.45, 2.75) is 31.7 Å². The predicted octanol–water partition coefficient (Wildman–Crippen LogP) is 4.02. The average Bonchev–Trinajstić information content (AvgIpc) is 3.42. The van der Waals surface area contributed by atoms with Crippen molar-refractivity contribution in [1.29, 1.82) is 0 Å². The summed E-state index contributed by atoms with van der Waals surface area (Å²) in [6, 6.07) is 12.9. The molecule has 7 nitrogen and oxygen atoms in total. The first-order valence-corrected chi connectivity index (χ1v) is 12.4. The molecular formula is C29H31N3O4. The van der Waals surface area contributed by atoms with Gasteiger partial charge in [-0.05, 0) is 67.8 Å². The quantitative estimate of drug-likeness (QED) is 0.519. The molecule has 1 aromatic heterocycles. The van der Waals surface area contributed by atoms with Crippen LogP contribution in [0.1, 0.15) is 46.4 Å². The molecule has 0 bridgehead atoms. The number of ketones is 1. The van der Waals surface area contributed by atoms with Crippen LogP contribution in [0.5, 0.6) is 11.5 Å². The van der Waals surface area contributed by atoms with Crippen LogP contribution >= 0.6 is 0 Å². The van der Waals surface area contributed by atoms with Gasteiger partial charge < -0.3 is 19.7 Å². The van der Waals surface area contributed by atoms with Gasteiger partial charge in [0.05, 0.1) is 25.4 Å². The minimum absolute atomic E-state index is 0.110. The summed E-state index contributed by atoms with van der Waals surface area (Å²) in [6.07, 6.45) is 6.85. The molecule has 1 aliphatic carbocycles. The van der Waals surface area contributed by atoms with Crippen LogP contribution in [0.3, 0.4) is 0 Å². The number of para-hydroxylation sites is 1. The summed E-state index contributed by atoms with van der Waals surface area (Å²) in [5, 5.41) is 3.86. The lowest BCUT2D eigenvalue weighted by Gasteiger charge is -2.23. The lowest BCUT2D eigenvalue weighted by molar-refractivity contribution is -0.121. The maximum absolute atomic E-state index is 13.7. The molecule has 1 unspecified atom stereocenters. The van der Waals surface area contributed by atoms with Gasteiger partial charge in [-0.2, -0.15) is 0 Å². The molecular weight excluding hydrogens is 454 g/mol. The number of likely N-dealkylation sites (tertiary alicyclic amines) is 1. The number of rotatable bonds is 8. The van der Waals surface area contributed by atoms with E-state index in [1.165, 1.54) is 12.8 Å². The van der Waals surface area contributed by atoms with Gasteiger partial charge in [-0.15, -0.1) is 0 Å². The van der Waals surface area contributed by atoms with Crippen molar-refractivity contribution in [3.8, 4) is 11.5 Å². The highest BCUT2D eigenvalue weighted by Crippen LogP contribution is 2.32. The summed E-state index contributed by atoms with van der Waals surface area (Å²) in [5.41, 5.74) is 3.86. The highest BCUT2D eigenvalue weighted by atomic mass is 16.5. The first kappa shape index (κ1) is 24.0. The Morgan fingerprint density at radius 2 is 1.81 bits per heavy atom. The number of Topliss-reactive ketones (excluding diaryl/α,β-unsaturated/α-hetero) is 1. The van der Waals surface area contributed by atoms with Crippen molar-refractivity contribution in [3.63, 3.8) is 0 Å². The van der Waals surface area contributed by atoms with E-state index in [1.54, 1.807) is 20.3 Å². The summed E-state index contributed by atoms with van der Waals surface area (Å²) in [7, 11) is 3.24. The number of benzene rings is 2. The molecule has 2 aliphatic rings. The number of hydrogen-bond acceptors (Lipinski definition) is 6. The van der Waals surface area contributed by atoms with Gasteiger partial charge in [0.25, 0.3) is 0 Å². The molecule has 36 heavy (non-hydrogen) atoms. The number of hydrogen-bond donors (Lipinski definition) is 1. The van der Waals surface area contributed by atoms with Gasteiger partial charge in [-0.25, -0.2) is 4.98 Å². The lowest BCUT2D eigenvalue weighted by Crippen LogP contribution is -2.42. The molecule has 1 amide bonds. The topological polar surface area (TPSA) is 80.8 Å². The van der Waals surface area contributed by atoms with E-state index in [-0.39, 0.29) is 11.7 Å². The number of fused-ring (bicyclic) bond motifs is 2. The van der Waals surface area contributed by atoms with Crippen LogP contribution in [-0.2, 0) is 11.2 Å². The molecule has 2 heterocycles.